The van der Waals surface area contributed by atoms with E-state index in [0.717, 1.165) is 29.6 Å². The molecule has 0 saturated carbocycles. The molecule has 1 aliphatic heterocycles. The Morgan fingerprint density at radius 2 is 2.10 bits per heavy atom. The van der Waals surface area contributed by atoms with Crippen molar-refractivity contribution in [2.45, 2.75) is 20.0 Å². The van der Waals surface area contributed by atoms with Crippen molar-refractivity contribution in [2.24, 2.45) is 0 Å². The van der Waals surface area contributed by atoms with E-state index in [1.165, 1.54) is 0 Å². The van der Waals surface area contributed by atoms with Gasteiger partial charge in [-0.25, -0.2) is 19.9 Å². The summed E-state index contributed by atoms with van der Waals surface area (Å²) in [6.07, 6.45) is 3.26. The van der Waals surface area contributed by atoms with Gasteiger partial charge in [-0.2, -0.15) is 0 Å². The van der Waals surface area contributed by atoms with E-state index in [1.807, 2.05) is 26.0 Å². The molecule has 1 saturated heterocycles. The Bertz CT molecular complexity index is 552. The monoisotopic (exact) mass is 271 g/mol. The summed E-state index contributed by atoms with van der Waals surface area (Å²) < 4.78 is 5.79. The van der Waals surface area contributed by atoms with Gasteiger partial charge in [0.2, 0.25) is 0 Å². The molecular formula is C14H17N5O. The highest BCUT2D eigenvalue weighted by molar-refractivity contribution is 5.39. The van der Waals surface area contributed by atoms with Crippen LogP contribution in [0.4, 0.5) is 5.82 Å². The van der Waals surface area contributed by atoms with Crippen LogP contribution in [0.25, 0.3) is 0 Å². The molecule has 0 aliphatic carbocycles. The first-order chi connectivity index (χ1) is 9.72. The summed E-state index contributed by atoms with van der Waals surface area (Å²) in [6.45, 7) is 6.09. The van der Waals surface area contributed by atoms with Crippen molar-refractivity contribution in [1.29, 1.82) is 0 Å². The summed E-state index contributed by atoms with van der Waals surface area (Å²) >= 11 is 0. The van der Waals surface area contributed by atoms with Crippen LogP contribution in [-0.2, 0) is 4.74 Å². The number of nitrogens with zero attached hydrogens (tertiary/aromatic N) is 5. The van der Waals surface area contributed by atoms with E-state index >= 15 is 0 Å². The van der Waals surface area contributed by atoms with Crippen molar-refractivity contribution >= 4 is 5.82 Å². The number of aromatic nitrogens is 4. The molecule has 0 spiro atoms. The van der Waals surface area contributed by atoms with Gasteiger partial charge in [0.15, 0.2) is 5.82 Å². The summed E-state index contributed by atoms with van der Waals surface area (Å²) in [7, 11) is 0. The second kappa shape index (κ2) is 5.50. The molecule has 1 fully saturated rings. The molecular weight excluding hydrogens is 254 g/mol. The Morgan fingerprint density at radius 3 is 2.90 bits per heavy atom. The Kier molecular flexibility index (Phi) is 3.56. The molecule has 2 aromatic heterocycles. The molecule has 6 nitrogen and oxygen atoms in total. The predicted octanol–water partition coefficient (Wildman–Crippen LogP) is 1.46. The highest BCUT2D eigenvalue weighted by Crippen LogP contribution is 2.22. The third kappa shape index (κ3) is 2.75. The van der Waals surface area contributed by atoms with E-state index < -0.39 is 0 Å². The average molecular weight is 271 g/mol. The fourth-order valence-corrected chi connectivity index (χ4v) is 2.25. The van der Waals surface area contributed by atoms with E-state index in [0.29, 0.717) is 13.2 Å². The first-order valence-electron chi connectivity index (χ1n) is 6.67. The number of hydrogen-bond acceptors (Lipinski definition) is 6. The van der Waals surface area contributed by atoms with Gasteiger partial charge < -0.3 is 9.64 Å². The number of aryl methyl sites for hydroxylation is 2. The number of morpholine rings is 1. The molecule has 3 heterocycles. The molecule has 0 radical (unpaired) electrons. The zero-order chi connectivity index (χ0) is 13.9. The lowest BCUT2D eigenvalue weighted by Crippen LogP contribution is -2.39. The normalized spacial score (nSPS) is 19.1. The van der Waals surface area contributed by atoms with E-state index in [4.69, 9.17) is 4.74 Å². The summed E-state index contributed by atoms with van der Waals surface area (Å²) in [6, 6.07) is 3.87. The third-order valence-corrected chi connectivity index (χ3v) is 3.28. The van der Waals surface area contributed by atoms with Crippen LogP contribution in [0.1, 0.15) is 23.3 Å². The van der Waals surface area contributed by atoms with Crippen LogP contribution in [0.2, 0.25) is 0 Å². The van der Waals surface area contributed by atoms with Crippen LogP contribution in [0, 0.1) is 13.8 Å². The Labute approximate surface area is 117 Å². The molecule has 0 amide bonds. The fourth-order valence-electron chi connectivity index (χ4n) is 2.25. The SMILES string of the molecule is Cc1cc(N2CCO[C@H](c3nccc(C)n3)C2)ncn1. The standard InChI is InChI=1S/C14H17N5O/c1-10-3-4-15-14(18-10)12-8-19(5-6-20-12)13-7-11(2)16-9-17-13/h3-4,7,9,12H,5-6,8H2,1-2H3/t12-/m0/s1. The van der Waals surface area contributed by atoms with E-state index in [1.54, 1.807) is 12.5 Å². The van der Waals surface area contributed by atoms with Crippen LogP contribution in [-0.4, -0.2) is 39.6 Å². The Balaban J connectivity index is 1.80. The fraction of sp³-hybridized carbons (Fsp3) is 0.429. The van der Waals surface area contributed by atoms with Crippen molar-refractivity contribution in [3.8, 4) is 0 Å². The molecule has 0 aromatic carbocycles. The smallest absolute Gasteiger partial charge is 0.159 e. The molecule has 104 valence electrons. The highest BCUT2D eigenvalue weighted by atomic mass is 16.5. The van der Waals surface area contributed by atoms with Gasteiger partial charge in [0.05, 0.1) is 13.2 Å². The molecule has 2 aromatic rings. The number of ether oxygens (including phenoxy) is 1. The third-order valence-electron chi connectivity index (χ3n) is 3.28. The van der Waals surface area contributed by atoms with Crippen LogP contribution in [0.15, 0.2) is 24.7 Å². The van der Waals surface area contributed by atoms with Crippen molar-refractivity contribution in [1.82, 2.24) is 19.9 Å². The van der Waals surface area contributed by atoms with Crippen molar-refractivity contribution in [2.75, 3.05) is 24.6 Å². The van der Waals surface area contributed by atoms with E-state index in [9.17, 15) is 0 Å². The second-order valence-electron chi connectivity index (χ2n) is 4.88. The lowest BCUT2D eigenvalue weighted by atomic mass is 10.2. The van der Waals surface area contributed by atoms with Gasteiger partial charge in [-0.05, 0) is 19.9 Å². The van der Waals surface area contributed by atoms with Crippen molar-refractivity contribution in [3.05, 3.63) is 41.9 Å². The number of anilines is 1. The molecule has 0 bridgehead atoms. The predicted molar refractivity (Wildman–Crippen MR) is 74.4 cm³/mol. The molecule has 1 aliphatic rings. The molecule has 0 unspecified atom stereocenters. The molecule has 3 rings (SSSR count). The molecule has 6 heteroatoms. The van der Waals surface area contributed by atoms with Gasteiger partial charge in [-0.15, -0.1) is 0 Å². The maximum absolute atomic E-state index is 5.79. The summed E-state index contributed by atoms with van der Waals surface area (Å²) in [4.78, 5) is 19.4. The summed E-state index contributed by atoms with van der Waals surface area (Å²) in [5.41, 5.74) is 1.92. The van der Waals surface area contributed by atoms with Gasteiger partial charge in [-0.1, -0.05) is 0 Å². The van der Waals surface area contributed by atoms with Gasteiger partial charge >= 0.3 is 0 Å². The first kappa shape index (κ1) is 12.9. The highest BCUT2D eigenvalue weighted by Gasteiger charge is 2.25. The zero-order valence-corrected chi connectivity index (χ0v) is 11.7. The first-order valence-corrected chi connectivity index (χ1v) is 6.67. The Hall–Kier alpha value is -2.08. The molecule has 1 atom stereocenters. The van der Waals surface area contributed by atoms with Gasteiger partial charge in [-0.3, -0.25) is 0 Å². The van der Waals surface area contributed by atoms with E-state index in [2.05, 4.69) is 24.8 Å². The summed E-state index contributed by atoms with van der Waals surface area (Å²) in [5, 5.41) is 0. The maximum atomic E-state index is 5.79. The second-order valence-corrected chi connectivity index (χ2v) is 4.88. The Morgan fingerprint density at radius 1 is 1.20 bits per heavy atom. The maximum Gasteiger partial charge on any atom is 0.159 e. The van der Waals surface area contributed by atoms with Crippen LogP contribution < -0.4 is 4.90 Å². The van der Waals surface area contributed by atoms with Crippen LogP contribution in [0.5, 0.6) is 0 Å². The molecule has 20 heavy (non-hydrogen) atoms. The minimum atomic E-state index is -0.112. The minimum Gasteiger partial charge on any atom is -0.367 e. The molecule has 0 N–H and O–H groups in total. The van der Waals surface area contributed by atoms with Gasteiger partial charge in [0, 0.05) is 30.2 Å². The lowest BCUT2D eigenvalue weighted by Gasteiger charge is -2.33. The van der Waals surface area contributed by atoms with E-state index in [-0.39, 0.29) is 6.10 Å². The zero-order valence-electron chi connectivity index (χ0n) is 11.7. The number of hydrogen-bond donors (Lipinski definition) is 0. The van der Waals surface area contributed by atoms with Crippen LogP contribution in [0.3, 0.4) is 0 Å². The largest absolute Gasteiger partial charge is 0.367 e. The topological polar surface area (TPSA) is 64.0 Å². The average Bonchev–Trinajstić information content (AvgIpc) is 2.47. The van der Waals surface area contributed by atoms with Crippen molar-refractivity contribution in [3.63, 3.8) is 0 Å². The van der Waals surface area contributed by atoms with Crippen molar-refractivity contribution < 1.29 is 4.74 Å². The summed E-state index contributed by atoms with van der Waals surface area (Å²) in [5.74, 6) is 1.67. The quantitative estimate of drug-likeness (QED) is 0.824. The van der Waals surface area contributed by atoms with Gasteiger partial charge in [0.25, 0.3) is 0 Å². The van der Waals surface area contributed by atoms with Gasteiger partial charge in [0.1, 0.15) is 18.2 Å². The minimum absolute atomic E-state index is 0.112. The van der Waals surface area contributed by atoms with Crippen LogP contribution >= 0.6 is 0 Å². The number of rotatable bonds is 2. The lowest BCUT2D eigenvalue weighted by molar-refractivity contribution is 0.0336.